The Morgan fingerprint density at radius 2 is 2.22 bits per heavy atom. The first-order valence-corrected chi connectivity index (χ1v) is 9.53. The minimum Gasteiger partial charge on any atom is -0.375 e. The fourth-order valence-electron chi connectivity index (χ4n) is 2.44. The Labute approximate surface area is 143 Å². The van der Waals surface area contributed by atoms with Crippen molar-refractivity contribution in [2.45, 2.75) is 24.0 Å². The number of anilines is 1. The van der Waals surface area contributed by atoms with Gasteiger partial charge in [0, 0.05) is 22.4 Å². The highest BCUT2D eigenvalue weighted by Crippen LogP contribution is 2.27. The molecular weight excluding hydrogens is 330 g/mol. The highest BCUT2D eigenvalue weighted by Gasteiger charge is 2.28. The van der Waals surface area contributed by atoms with Crippen LogP contribution >= 0.6 is 23.1 Å². The first-order chi connectivity index (χ1) is 11.2. The van der Waals surface area contributed by atoms with Gasteiger partial charge >= 0.3 is 0 Å². The second kappa shape index (κ2) is 7.44. The van der Waals surface area contributed by atoms with E-state index in [-0.39, 0.29) is 18.1 Å². The van der Waals surface area contributed by atoms with E-state index in [9.17, 15) is 4.79 Å². The Hall–Kier alpha value is -1.41. The number of benzene rings is 1. The van der Waals surface area contributed by atoms with Crippen LogP contribution in [0.2, 0.25) is 0 Å². The molecule has 23 heavy (non-hydrogen) atoms. The van der Waals surface area contributed by atoms with Gasteiger partial charge in [-0.1, -0.05) is 12.1 Å². The Balaban J connectivity index is 1.67. The van der Waals surface area contributed by atoms with E-state index in [4.69, 9.17) is 4.74 Å². The molecule has 0 unspecified atom stereocenters. The number of thiazole rings is 1. The summed E-state index contributed by atoms with van der Waals surface area (Å²) in [5.74, 6) is -0.101. The molecule has 1 aromatic heterocycles. The van der Waals surface area contributed by atoms with Crippen molar-refractivity contribution in [1.82, 2.24) is 10.3 Å². The van der Waals surface area contributed by atoms with Crippen LogP contribution < -0.4 is 10.6 Å². The number of morpholine rings is 1. The van der Waals surface area contributed by atoms with Gasteiger partial charge in [-0.05, 0) is 25.3 Å². The van der Waals surface area contributed by atoms with Crippen molar-refractivity contribution < 1.29 is 9.53 Å². The molecule has 1 aliphatic heterocycles. The molecule has 2 N–H and O–H groups in total. The number of carbonyl (C=O) groups excluding carboxylic acids is 1. The minimum atomic E-state index is -0.336. The molecule has 1 aliphatic rings. The molecule has 0 radical (unpaired) electrons. The number of ether oxygens (including phenoxy) is 1. The largest absolute Gasteiger partial charge is 0.375 e. The summed E-state index contributed by atoms with van der Waals surface area (Å²) < 4.78 is 5.50. The molecule has 2 heterocycles. The first kappa shape index (κ1) is 16.4. The number of hydrogen-bond donors (Lipinski definition) is 2. The highest BCUT2D eigenvalue weighted by molar-refractivity contribution is 7.98. The van der Waals surface area contributed by atoms with Crippen molar-refractivity contribution in [2.24, 2.45) is 0 Å². The number of nitrogens with one attached hydrogen (secondary N) is 2. The summed E-state index contributed by atoms with van der Waals surface area (Å²) in [6, 6.07) is 7.90. The van der Waals surface area contributed by atoms with Crippen molar-refractivity contribution in [3.05, 3.63) is 29.6 Å². The lowest BCUT2D eigenvalue weighted by Gasteiger charge is -2.28. The van der Waals surface area contributed by atoms with Gasteiger partial charge in [0.25, 0.3) is 0 Å². The third-order valence-corrected chi connectivity index (χ3v) is 5.22. The SMILES string of the molecule is CSc1ccc(-c2csc(NC(=O)[C@H]3NCCO[C@@H]3C)n2)cc1. The lowest BCUT2D eigenvalue weighted by Crippen LogP contribution is -2.53. The topological polar surface area (TPSA) is 63.2 Å². The quantitative estimate of drug-likeness (QED) is 0.831. The van der Waals surface area contributed by atoms with E-state index in [0.29, 0.717) is 18.3 Å². The highest BCUT2D eigenvalue weighted by atomic mass is 32.2. The van der Waals surface area contributed by atoms with Crippen LogP contribution in [0, 0.1) is 0 Å². The third-order valence-electron chi connectivity index (χ3n) is 3.72. The second-order valence-corrected chi connectivity index (χ2v) is 7.00. The van der Waals surface area contributed by atoms with Crippen molar-refractivity contribution in [3.63, 3.8) is 0 Å². The summed E-state index contributed by atoms with van der Waals surface area (Å²) in [6.07, 6.45) is 1.91. The molecule has 2 aromatic rings. The monoisotopic (exact) mass is 349 g/mol. The van der Waals surface area contributed by atoms with E-state index < -0.39 is 0 Å². The maximum absolute atomic E-state index is 12.3. The van der Waals surface area contributed by atoms with Crippen LogP contribution in [-0.4, -0.2) is 42.4 Å². The first-order valence-electron chi connectivity index (χ1n) is 7.43. The van der Waals surface area contributed by atoms with E-state index in [1.165, 1.54) is 16.2 Å². The molecule has 3 rings (SSSR count). The van der Waals surface area contributed by atoms with Crippen molar-refractivity contribution in [2.75, 3.05) is 24.7 Å². The summed E-state index contributed by atoms with van der Waals surface area (Å²) in [5.41, 5.74) is 1.92. The lowest BCUT2D eigenvalue weighted by atomic mass is 10.1. The molecular formula is C16H19N3O2S2. The summed E-state index contributed by atoms with van der Waals surface area (Å²) in [7, 11) is 0. The summed E-state index contributed by atoms with van der Waals surface area (Å²) in [6.45, 7) is 3.22. The molecule has 0 spiro atoms. The summed E-state index contributed by atoms with van der Waals surface area (Å²) >= 11 is 3.14. The van der Waals surface area contributed by atoms with Crippen LogP contribution in [0.3, 0.4) is 0 Å². The number of carbonyl (C=O) groups is 1. The van der Waals surface area contributed by atoms with Gasteiger partial charge in [0.15, 0.2) is 5.13 Å². The van der Waals surface area contributed by atoms with Gasteiger partial charge in [-0.25, -0.2) is 4.98 Å². The van der Waals surface area contributed by atoms with Gasteiger partial charge in [-0.3, -0.25) is 4.79 Å². The van der Waals surface area contributed by atoms with Crippen LogP contribution in [-0.2, 0) is 9.53 Å². The van der Waals surface area contributed by atoms with Crippen LogP contribution in [0.25, 0.3) is 11.3 Å². The van der Waals surface area contributed by atoms with Crippen LogP contribution in [0.1, 0.15) is 6.92 Å². The third kappa shape index (κ3) is 3.92. The zero-order valence-electron chi connectivity index (χ0n) is 13.0. The molecule has 0 saturated carbocycles. The van der Waals surface area contributed by atoms with Gasteiger partial charge in [-0.2, -0.15) is 0 Å². The number of amides is 1. The van der Waals surface area contributed by atoms with Crippen LogP contribution in [0.5, 0.6) is 0 Å². The van der Waals surface area contributed by atoms with Gasteiger partial charge < -0.3 is 15.4 Å². The van der Waals surface area contributed by atoms with Crippen molar-refractivity contribution >= 4 is 34.1 Å². The van der Waals surface area contributed by atoms with E-state index in [1.54, 1.807) is 11.8 Å². The molecule has 2 atom stereocenters. The fourth-order valence-corrected chi connectivity index (χ4v) is 3.57. The number of rotatable bonds is 4. The Morgan fingerprint density at radius 3 is 2.91 bits per heavy atom. The maximum atomic E-state index is 12.3. The number of thioether (sulfide) groups is 1. The number of nitrogens with zero attached hydrogens (tertiary/aromatic N) is 1. The average molecular weight is 349 g/mol. The molecule has 0 aliphatic carbocycles. The lowest BCUT2D eigenvalue weighted by molar-refractivity contribution is -0.123. The van der Waals surface area contributed by atoms with Crippen LogP contribution in [0.15, 0.2) is 34.5 Å². The summed E-state index contributed by atoms with van der Waals surface area (Å²) in [5, 5.41) is 8.62. The van der Waals surface area contributed by atoms with Gasteiger partial charge in [0.2, 0.25) is 5.91 Å². The zero-order chi connectivity index (χ0) is 16.2. The van der Waals surface area contributed by atoms with Crippen LogP contribution in [0.4, 0.5) is 5.13 Å². The molecule has 1 saturated heterocycles. The Morgan fingerprint density at radius 1 is 1.43 bits per heavy atom. The molecule has 7 heteroatoms. The van der Waals surface area contributed by atoms with E-state index in [2.05, 4.69) is 34.0 Å². The van der Waals surface area contributed by atoms with E-state index in [0.717, 1.165) is 11.3 Å². The fraction of sp³-hybridized carbons (Fsp3) is 0.375. The standard InChI is InChI=1S/C16H19N3O2S2/c1-10-14(17-7-8-21-10)15(20)19-16-18-13(9-23-16)11-3-5-12(22-2)6-4-11/h3-6,9-10,14,17H,7-8H2,1-2H3,(H,18,19,20)/t10-,14+/m1/s1. The molecule has 122 valence electrons. The Bertz CT molecular complexity index is 672. The molecule has 0 bridgehead atoms. The van der Waals surface area contributed by atoms with E-state index >= 15 is 0 Å². The van der Waals surface area contributed by atoms with Crippen molar-refractivity contribution in [3.8, 4) is 11.3 Å². The smallest absolute Gasteiger partial charge is 0.245 e. The molecule has 1 aromatic carbocycles. The molecule has 5 nitrogen and oxygen atoms in total. The predicted molar refractivity (Wildman–Crippen MR) is 95.2 cm³/mol. The van der Waals surface area contributed by atoms with Gasteiger partial charge in [0.1, 0.15) is 6.04 Å². The number of aromatic nitrogens is 1. The minimum absolute atomic E-state index is 0.101. The average Bonchev–Trinajstić information content (AvgIpc) is 3.03. The maximum Gasteiger partial charge on any atom is 0.245 e. The molecule has 1 fully saturated rings. The summed E-state index contributed by atoms with van der Waals surface area (Å²) in [4.78, 5) is 18.0. The molecule has 1 amide bonds. The second-order valence-electron chi connectivity index (χ2n) is 5.26. The van der Waals surface area contributed by atoms with Gasteiger partial charge in [-0.15, -0.1) is 23.1 Å². The normalized spacial score (nSPS) is 21.1. The number of hydrogen-bond acceptors (Lipinski definition) is 6. The van der Waals surface area contributed by atoms with Gasteiger partial charge in [0.05, 0.1) is 18.4 Å². The predicted octanol–water partition coefficient (Wildman–Crippen LogP) is 2.85. The zero-order valence-corrected chi connectivity index (χ0v) is 14.7. The van der Waals surface area contributed by atoms with Crippen molar-refractivity contribution in [1.29, 1.82) is 0 Å². The Kier molecular flexibility index (Phi) is 5.32. The van der Waals surface area contributed by atoms with E-state index in [1.807, 2.05) is 24.4 Å².